The minimum Gasteiger partial charge on any atom is -0.323 e. The van der Waals surface area contributed by atoms with Crippen LogP contribution in [-0.2, 0) is 0 Å². The summed E-state index contributed by atoms with van der Waals surface area (Å²) in [7, 11) is 0. The first-order valence-electron chi connectivity index (χ1n) is 4.39. The molecule has 1 atom stereocenters. The molecule has 74 valence electrons. The lowest BCUT2D eigenvalue weighted by Gasteiger charge is -2.24. The van der Waals surface area contributed by atoms with Crippen LogP contribution in [0.4, 0.5) is 0 Å². The summed E-state index contributed by atoms with van der Waals surface area (Å²) in [6.45, 7) is 3.69. The minimum atomic E-state index is -0.541. The number of halogens is 1. The molecule has 0 aliphatic carbocycles. The van der Waals surface area contributed by atoms with Gasteiger partial charge in [-0.15, -0.1) is 0 Å². The highest BCUT2D eigenvalue weighted by molar-refractivity contribution is 9.10. The normalized spacial score (nSPS) is 13.4. The number of nitrogens with two attached hydrogens (primary N) is 1. The second-order valence-corrected chi connectivity index (χ2v) is 4.78. The van der Waals surface area contributed by atoms with Gasteiger partial charge in [-0.2, -0.15) is 5.26 Å². The van der Waals surface area contributed by atoms with E-state index in [0.717, 1.165) is 10.0 Å². The lowest BCUT2D eigenvalue weighted by Crippen LogP contribution is -2.27. The number of nitriles is 1. The molecule has 0 aliphatic rings. The van der Waals surface area contributed by atoms with E-state index in [1.54, 1.807) is 0 Å². The highest BCUT2D eigenvalue weighted by atomic mass is 79.9. The van der Waals surface area contributed by atoms with Gasteiger partial charge in [0.05, 0.1) is 11.5 Å². The molecular weight excluding hydrogens is 240 g/mol. The monoisotopic (exact) mass is 252 g/mol. The van der Waals surface area contributed by atoms with E-state index in [-0.39, 0.29) is 6.04 Å². The van der Waals surface area contributed by atoms with Crippen molar-refractivity contribution in [3.05, 3.63) is 34.3 Å². The smallest absolute Gasteiger partial charge is 0.0710 e. The summed E-state index contributed by atoms with van der Waals surface area (Å²) in [5.41, 5.74) is 6.45. The Morgan fingerprint density at radius 2 is 2.14 bits per heavy atom. The van der Waals surface area contributed by atoms with Crippen LogP contribution in [0.2, 0.25) is 0 Å². The Morgan fingerprint density at radius 1 is 1.50 bits per heavy atom. The fraction of sp³-hybridized carbons (Fsp3) is 0.364. The van der Waals surface area contributed by atoms with Crippen molar-refractivity contribution in [2.45, 2.75) is 19.9 Å². The predicted molar refractivity (Wildman–Crippen MR) is 60.5 cm³/mol. The summed E-state index contributed by atoms with van der Waals surface area (Å²) in [6.07, 6.45) is 0. The molecule has 0 fully saturated rings. The highest BCUT2D eigenvalue weighted by Crippen LogP contribution is 2.31. The molecule has 0 spiro atoms. The molecule has 0 saturated carbocycles. The number of benzene rings is 1. The van der Waals surface area contributed by atoms with Crippen molar-refractivity contribution >= 4 is 15.9 Å². The molecule has 3 heteroatoms. The number of nitrogens with zero attached hydrogens (tertiary/aromatic N) is 1. The maximum atomic E-state index is 8.95. The molecule has 1 rings (SSSR count). The summed E-state index contributed by atoms with van der Waals surface area (Å²) in [6, 6.07) is 9.71. The molecule has 2 N–H and O–H groups in total. The maximum absolute atomic E-state index is 8.95. The van der Waals surface area contributed by atoms with Gasteiger partial charge in [0, 0.05) is 10.5 Å². The van der Waals surface area contributed by atoms with Crippen LogP contribution in [0.15, 0.2) is 28.7 Å². The average Bonchev–Trinajstić information content (AvgIpc) is 2.16. The SMILES string of the molecule is CC(C)(C#N)C(N)c1cccc(Br)c1. The quantitative estimate of drug-likeness (QED) is 0.880. The molecule has 0 amide bonds. The standard InChI is InChI=1S/C11H13BrN2/c1-11(2,7-13)10(14)8-4-3-5-9(12)6-8/h3-6,10H,14H2,1-2H3. The average molecular weight is 253 g/mol. The van der Waals surface area contributed by atoms with E-state index in [2.05, 4.69) is 22.0 Å². The molecule has 0 heterocycles. The van der Waals surface area contributed by atoms with Crippen LogP contribution in [0.3, 0.4) is 0 Å². The Labute approximate surface area is 92.9 Å². The molecule has 2 nitrogen and oxygen atoms in total. The molecule has 1 aromatic carbocycles. The maximum Gasteiger partial charge on any atom is 0.0710 e. The van der Waals surface area contributed by atoms with E-state index >= 15 is 0 Å². The Bertz CT molecular complexity index is 366. The minimum absolute atomic E-state index is 0.259. The molecule has 0 aromatic heterocycles. The van der Waals surface area contributed by atoms with Crippen LogP contribution in [0.5, 0.6) is 0 Å². The summed E-state index contributed by atoms with van der Waals surface area (Å²) in [4.78, 5) is 0. The van der Waals surface area contributed by atoms with Crippen LogP contribution in [-0.4, -0.2) is 0 Å². The van der Waals surface area contributed by atoms with Crippen molar-refractivity contribution in [1.29, 1.82) is 5.26 Å². The van der Waals surface area contributed by atoms with Gasteiger partial charge >= 0.3 is 0 Å². The molecule has 0 aliphatic heterocycles. The molecule has 1 aromatic rings. The van der Waals surface area contributed by atoms with Gasteiger partial charge in [-0.1, -0.05) is 28.1 Å². The van der Waals surface area contributed by atoms with Gasteiger partial charge in [-0.3, -0.25) is 0 Å². The van der Waals surface area contributed by atoms with Gasteiger partial charge in [0.2, 0.25) is 0 Å². The molecule has 1 unspecified atom stereocenters. The molecule has 14 heavy (non-hydrogen) atoms. The molecular formula is C11H13BrN2. The van der Waals surface area contributed by atoms with E-state index in [9.17, 15) is 0 Å². The van der Waals surface area contributed by atoms with Crippen molar-refractivity contribution in [3.63, 3.8) is 0 Å². The largest absolute Gasteiger partial charge is 0.323 e. The topological polar surface area (TPSA) is 49.8 Å². The van der Waals surface area contributed by atoms with Gasteiger partial charge in [0.25, 0.3) is 0 Å². The zero-order valence-electron chi connectivity index (χ0n) is 8.29. The van der Waals surface area contributed by atoms with Gasteiger partial charge in [0.15, 0.2) is 0 Å². The Balaban J connectivity index is 3.02. The first kappa shape index (κ1) is 11.2. The Kier molecular flexibility index (Phi) is 3.30. The first-order valence-corrected chi connectivity index (χ1v) is 5.19. The zero-order valence-corrected chi connectivity index (χ0v) is 9.88. The zero-order chi connectivity index (χ0) is 10.8. The van der Waals surface area contributed by atoms with E-state index in [1.807, 2.05) is 38.1 Å². The highest BCUT2D eigenvalue weighted by Gasteiger charge is 2.27. The van der Waals surface area contributed by atoms with Gasteiger partial charge in [-0.25, -0.2) is 0 Å². The van der Waals surface area contributed by atoms with Crippen LogP contribution in [0, 0.1) is 16.7 Å². The van der Waals surface area contributed by atoms with E-state index < -0.39 is 5.41 Å². The predicted octanol–water partition coefficient (Wildman–Crippen LogP) is 3.00. The summed E-state index contributed by atoms with van der Waals surface area (Å²) < 4.78 is 0.985. The molecule has 0 saturated heterocycles. The lowest BCUT2D eigenvalue weighted by molar-refractivity contribution is 0.393. The lowest BCUT2D eigenvalue weighted by atomic mass is 9.82. The third-order valence-corrected chi connectivity index (χ3v) is 2.77. The van der Waals surface area contributed by atoms with Crippen molar-refractivity contribution in [3.8, 4) is 6.07 Å². The molecule has 0 bridgehead atoms. The Morgan fingerprint density at radius 3 is 2.64 bits per heavy atom. The molecule has 0 radical (unpaired) electrons. The Hall–Kier alpha value is -0.850. The van der Waals surface area contributed by atoms with Crippen molar-refractivity contribution in [2.24, 2.45) is 11.1 Å². The third kappa shape index (κ3) is 2.34. The van der Waals surface area contributed by atoms with Crippen LogP contribution < -0.4 is 5.73 Å². The van der Waals surface area contributed by atoms with Crippen molar-refractivity contribution in [2.75, 3.05) is 0 Å². The van der Waals surface area contributed by atoms with E-state index in [0.29, 0.717) is 0 Å². The number of hydrogen-bond acceptors (Lipinski definition) is 2. The van der Waals surface area contributed by atoms with Crippen LogP contribution in [0.1, 0.15) is 25.5 Å². The summed E-state index contributed by atoms with van der Waals surface area (Å²) in [5, 5.41) is 8.95. The fourth-order valence-corrected chi connectivity index (χ4v) is 1.60. The van der Waals surface area contributed by atoms with Gasteiger partial charge in [-0.05, 0) is 31.5 Å². The second kappa shape index (κ2) is 4.12. The third-order valence-electron chi connectivity index (χ3n) is 2.27. The van der Waals surface area contributed by atoms with Crippen LogP contribution in [0.25, 0.3) is 0 Å². The number of hydrogen-bond donors (Lipinski definition) is 1. The number of rotatable bonds is 2. The summed E-state index contributed by atoms with van der Waals surface area (Å²) >= 11 is 3.38. The van der Waals surface area contributed by atoms with Gasteiger partial charge in [0.1, 0.15) is 0 Å². The van der Waals surface area contributed by atoms with Crippen molar-refractivity contribution < 1.29 is 0 Å². The van der Waals surface area contributed by atoms with Crippen LogP contribution >= 0.6 is 15.9 Å². The first-order chi connectivity index (χ1) is 6.47. The summed E-state index contributed by atoms with van der Waals surface area (Å²) in [5.74, 6) is 0. The van der Waals surface area contributed by atoms with E-state index in [1.165, 1.54) is 0 Å². The van der Waals surface area contributed by atoms with Gasteiger partial charge < -0.3 is 5.73 Å². The fourth-order valence-electron chi connectivity index (χ4n) is 1.19. The van der Waals surface area contributed by atoms with E-state index in [4.69, 9.17) is 11.0 Å². The van der Waals surface area contributed by atoms with Crippen molar-refractivity contribution in [1.82, 2.24) is 0 Å². The second-order valence-electron chi connectivity index (χ2n) is 3.87.